The average molecular weight is 386 g/mol. The number of halogens is 1. The van der Waals surface area contributed by atoms with Crippen LogP contribution in [0.2, 0.25) is 5.02 Å². The second kappa shape index (κ2) is 6.29. The van der Waals surface area contributed by atoms with Gasteiger partial charge in [0.1, 0.15) is 11.5 Å². The van der Waals surface area contributed by atoms with Crippen LogP contribution in [-0.2, 0) is 0 Å². The fourth-order valence-electron chi connectivity index (χ4n) is 3.85. The van der Waals surface area contributed by atoms with E-state index in [0.717, 1.165) is 45.0 Å². The highest BCUT2D eigenvalue weighted by molar-refractivity contribution is 6.31. The number of hydrogen-bond donors (Lipinski definition) is 1. The summed E-state index contributed by atoms with van der Waals surface area (Å²) in [5.41, 5.74) is 6.52. The number of nitrogens with one attached hydrogen (secondary N) is 1. The topological polar surface area (TPSA) is 21.3 Å². The van der Waals surface area contributed by atoms with E-state index >= 15 is 0 Å². The van der Waals surface area contributed by atoms with Crippen molar-refractivity contribution in [3.8, 4) is 16.9 Å². The summed E-state index contributed by atoms with van der Waals surface area (Å²) in [6, 6.07) is 20.4. The third kappa shape index (κ3) is 2.90. The third-order valence-corrected chi connectivity index (χ3v) is 5.40. The zero-order valence-corrected chi connectivity index (χ0v) is 16.5. The van der Waals surface area contributed by atoms with Crippen molar-refractivity contribution in [1.82, 2.24) is 0 Å². The van der Waals surface area contributed by atoms with Crippen molar-refractivity contribution in [2.75, 3.05) is 5.32 Å². The maximum Gasteiger partial charge on any atom is 0.136 e. The molecule has 2 heterocycles. The van der Waals surface area contributed by atoms with E-state index in [2.05, 4.69) is 61.7 Å². The highest BCUT2D eigenvalue weighted by Crippen LogP contribution is 2.48. The Labute approximate surface area is 170 Å². The number of benzene rings is 3. The van der Waals surface area contributed by atoms with Gasteiger partial charge in [-0.05, 0) is 55.3 Å². The summed E-state index contributed by atoms with van der Waals surface area (Å²) < 4.78 is 6.38. The van der Waals surface area contributed by atoms with Crippen LogP contribution in [-0.4, -0.2) is 5.54 Å². The molecule has 0 atom stereocenters. The van der Waals surface area contributed by atoms with Gasteiger partial charge in [-0.3, -0.25) is 0 Å². The van der Waals surface area contributed by atoms with Crippen LogP contribution in [0.1, 0.15) is 30.5 Å². The maximum absolute atomic E-state index is 6.38. The first-order chi connectivity index (χ1) is 13.5. The summed E-state index contributed by atoms with van der Waals surface area (Å²) in [6.07, 6.45) is 6.50. The first-order valence-corrected chi connectivity index (χ1v) is 9.77. The summed E-state index contributed by atoms with van der Waals surface area (Å²) in [5.74, 6) is 1.67. The van der Waals surface area contributed by atoms with Gasteiger partial charge in [-0.25, -0.2) is 0 Å². The van der Waals surface area contributed by atoms with E-state index in [9.17, 15) is 0 Å². The molecule has 2 aliphatic heterocycles. The SMILES string of the molecule is CC1(C)C=Cc2c(ccc3c2/C(=C/c2ccccc2)Oc2ccc(Cl)cc2-3)N1. The predicted octanol–water partition coefficient (Wildman–Crippen LogP) is 7.11. The molecule has 0 unspecified atom stereocenters. The van der Waals surface area contributed by atoms with Gasteiger partial charge >= 0.3 is 0 Å². The molecule has 0 aliphatic carbocycles. The fourth-order valence-corrected chi connectivity index (χ4v) is 4.02. The van der Waals surface area contributed by atoms with E-state index in [1.54, 1.807) is 0 Å². The Balaban J connectivity index is 1.78. The van der Waals surface area contributed by atoms with E-state index in [1.807, 2.05) is 36.4 Å². The Morgan fingerprint density at radius 2 is 1.79 bits per heavy atom. The van der Waals surface area contributed by atoms with Crippen LogP contribution < -0.4 is 10.1 Å². The largest absolute Gasteiger partial charge is 0.456 e. The number of anilines is 1. The number of fused-ring (bicyclic) bond motifs is 5. The van der Waals surface area contributed by atoms with Gasteiger partial charge in [0.25, 0.3) is 0 Å². The Morgan fingerprint density at radius 3 is 2.61 bits per heavy atom. The molecule has 3 heteroatoms. The van der Waals surface area contributed by atoms with Crippen LogP contribution in [0.5, 0.6) is 5.75 Å². The van der Waals surface area contributed by atoms with Gasteiger partial charge < -0.3 is 10.1 Å². The van der Waals surface area contributed by atoms with Gasteiger partial charge in [0.2, 0.25) is 0 Å². The van der Waals surface area contributed by atoms with Gasteiger partial charge in [0.05, 0.1) is 5.54 Å². The van der Waals surface area contributed by atoms with E-state index in [0.29, 0.717) is 5.02 Å². The highest BCUT2D eigenvalue weighted by Gasteiger charge is 2.29. The van der Waals surface area contributed by atoms with Crippen molar-refractivity contribution in [2.45, 2.75) is 19.4 Å². The normalized spacial score (nSPS) is 17.2. The fraction of sp³-hybridized carbons (Fsp3) is 0.120. The Kier molecular flexibility index (Phi) is 3.85. The molecule has 1 N–H and O–H groups in total. The van der Waals surface area contributed by atoms with Crippen molar-refractivity contribution in [3.63, 3.8) is 0 Å². The average Bonchev–Trinajstić information content (AvgIpc) is 2.68. The third-order valence-electron chi connectivity index (χ3n) is 5.16. The van der Waals surface area contributed by atoms with Crippen LogP contribution in [0.3, 0.4) is 0 Å². The zero-order chi connectivity index (χ0) is 19.3. The van der Waals surface area contributed by atoms with Crippen LogP contribution in [0.4, 0.5) is 5.69 Å². The minimum atomic E-state index is -0.0821. The Hall–Kier alpha value is -2.97. The Morgan fingerprint density at radius 1 is 0.964 bits per heavy atom. The molecule has 2 aliphatic rings. The lowest BCUT2D eigenvalue weighted by molar-refractivity contribution is 0.515. The number of ether oxygens (including phenoxy) is 1. The summed E-state index contributed by atoms with van der Waals surface area (Å²) in [6.45, 7) is 4.33. The molecule has 0 radical (unpaired) electrons. The summed E-state index contributed by atoms with van der Waals surface area (Å²) in [5, 5.41) is 4.32. The first-order valence-electron chi connectivity index (χ1n) is 9.39. The van der Waals surface area contributed by atoms with Crippen LogP contribution in [0, 0.1) is 0 Å². The van der Waals surface area contributed by atoms with Crippen LogP contribution in [0.25, 0.3) is 29.0 Å². The number of hydrogen-bond acceptors (Lipinski definition) is 2. The van der Waals surface area contributed by atoms with Crippen molar-refractivity contribution in [2.24, 2.45) is 0 Å². The van der Waals surface area contributed by atoms with Gasteiger partial charge in [0.15, 0.2) is 0 Å². The molecule has 5 rings (SSSR count). The maximum atomic E-state index is 6.38. The van der Waals surface area contributed by atoms with Crippen molar-refractivity contribution < 1.29 is 4.74 Å². The van der Waals surface area contributed by atoms with Crippen molar-refractivity contribution >= 4 is 35.2 Å². The van der Waals surface area contributed by atoms with Crippen molar-refractivity contribution in [3.05, 3.63) is 88.5 Å². The molecule has 0 bridgehead atoms. The van der Waals surface area contributed by atoms with Gasteiger partial charge in [0, 0.05) is 27.4 Å². The van der Waals surface area contributed by atoms with E-state index < -0.39 is 0 Å². The lowest BCUT2D eigenvalue weighted by atomic mass is 9.86. The quantitative estimate of drug-likeness (QED) is 0.481. The first kappa shape index (κ1) is 17.2. The molecule has 3 aromatic carbocycles. The molecule has 0 saturated carbocycles. The summed E-state index contributed by atoms with van der Waals surface area (Å²) >= 11 is 6.29. The molecular formula is C25H20ClNO. The minimum Gasteiger partial charge on any atom is -0.456 e. The van der Waals surface area contributed by atoms with Crippen LogP contribution in [0.15, 0.2) is 66.7 Å². The van der Waals surface area contributed by atoms with Gasteiger partial charge in [-0.2, -0.15) is 0 Å². The molecule has 0 amide bonds. The van der Waals surface area contributed by atoms with Gasteiger partial charge in [-0.1, -0.05) is 60.2 Å². The standard InChI is InChI=1S/C25H20ClNO/c1-25(2)13-12-19-21(27-25)10-9-18-20-15-17(26)8-11-22(20)28-23(24(18)19)14-16-6-4-3-5-7-16/h3-15,27H,1-2H3/b23-14-. The molecule has 0 saturated heterocycles. The minimum absolute atomic E-state index is 0.0821. The molecule has 138 valence electrons. The molecule has 2 nitrogen and oxygen atoms in total. The molecule has 3 aromatic rings. The summed E-state index contributed by atoms with van der Waals surface area (Å²) in [7, 11) is 0. The molecule has 0 fully saturated rings. The second-order valence-electron chi connectivity index (χ2n) is 7.79. The lowest BCUT2D eigenvalue weighted by Crippen LogP contribution is -2.30. The van der Waals surface area contributed by atoms with E-state index in [4.69, 9.17) is 16.3 Å². The number of rotatable bonds is 1. The lowest BCUT2D eigenvalue weighted by Gasteiger charge is -2.33. The van der Waals surface area contributed by atoms with E-state index in [-0.39, 0.29) is 5.54 Å². The monoisotopic (exact) mass is 385 g/mol. The smallest absolute Gasteiger partial charge is 0.136 e. The molecular weight excluding hydrogens is 366 g/mol. The predicted molar refractivity (Wildman–Crippen MR) is 119 cm³/mol. The van der Waals surface area contributed by atoms with Crippen LogP contribution >= 0.6 is 11.6 Å². The molecule has 28 heavy (non-hydrogen) atoms. The van der Waals surface area contributed by atoms with E-state index in [1.165, 1.54) is 0 Å². The molecule has 0 spiro atoms. The zero-order valence-electron chi connectivity index (χ0n) is 15.8. The highest BCUT2D eigenvalue weighted by atomic mass is 35.5. The van der Waals surface area contributed by atoms with Crippen molar-refractivity contribution in [1.29, 1.82) is 0 Å². The summed E-state index contributed by atoms with van der Waals surface area (Å²) in [4.78, 5) is 0. The second-order valence-corrected chi connectivity index (χ2v) is 8.23. The Bertz CT molecular complexity index is 1140. The molecule has 0 aromatic heterocycles. The van der Waals surface area contributed by atoms with Gasteiger partial charge in [-0.15, -0.1) is 0 Å².